The summed E-state index contributed by atoms with van der Waals surface area (Å²) in [6, 6.07) is 17.6. The van der Waals surface area contributed by atoms with Gasteiger partial charge >= 0.3 is 5.97 Å². The van der Waals surface area contributed by atoms with E-state index in [0.29, 0.717) is 42.6 Å². The zero-order valence-corrected chi connectivity index (χ0v) is 17.4. The van der Waals surface area contributed by atoms with Crippen molar-refractivity contribution < 1.29 is 14.7 Å². The largest absolute Gasteiger partial charge is 0.481 e. The van der Waals surface area contributed by atoms with Crippen molar-refractivity contribution in [1.29, 1.82) is 0 Å². The molecule has 2 N–H and O–H groups in total. The van der Waals surface area contributed by atoms with Crippen LogP contribution in [0.25, 0.3) is 10.9 Å². The van der Waals surface area contributed by atoms with Gasteiger partial charge in [0.2, 0.25) is 0 Å². The molecule has 1 aromatic heterocycles. The molecule has 4 rings (SSSR count). The van der Waals surface area contributed by atoms with E-state index in [2.05, 4.69) is 5.32 Å². The molecule has 0 radical (unpaired) electrons. The molecule has 5 nitrogen and oxygen atoms in total. The van der Waals surface area contributed by atoms with Gasteiger partial charge < -0.3 is 15.0 Å². The topological polar surface area (TPSA) is 71.3 Å². The van der Waals surface area contributed by atoms with Gasteiger partial charge in [-0.2, -0.15) is 0 Å². The average molecular weight is 425 g/mol. The molecule has 30 heavy (non-hydrogen) atoms. The van der Waals surface area contributed by atoms with E-state index in [9.17, 15) is 9.59 Å². The Kier molecular flexibility index (Phi) is 6.09. The SMILES string of the molecule is O=C(NC[C@H]1CC[C@H](C(=O)O)CC1)c1cc2ccccc2n1Cc1ccc(Cl)cc1. The Morgan fingerprint density at radius 1 is 1.03 bits per heavy atom. The number of nitrogens with one attached hydrogen (secondary N) is 1. The minimum Gasteiger partial charge on any atom is -0.481 e. The van der Waals surface area contributed by atoms with E-state index in [1.807, 2.05) is 59.2 Å². The third-order valence-corrected chi connectivity index (χ3v) is 6.30. The van der Waals surface area contributed by atoms with Crippen LogP contribution in [0.5, 0.6) is 0 Å². The Balaban J connectivity index is 1.49. The summed E-state index contributed by atoms with van der Waals surface area (Å²) in [4.78, 5) is 24.2. The number of nitrogens with zero attached hydrogens (tertiary/aromatic N) is 1. The number of halogens is 1. The van der Waals surface area contributed by atoms with Gasteiger partial charge in [-0.05, 0) is 61.4 Å². The summed E-state index contributed by atoms with van der Waals surface area (Å²) in [5, 5.41) is 13.9. The Morgan fingerprint density at radius 2 is 1.73 bits per heavy atom. The van der Waals surface area contributed by atoms with Crippen LogP contribution in [-0.2, 0) is 11.3 Å². The maximum atomic E-state index is 13.0. The molecule has 156 valence electrons. The van der Waals surface area contributed by atoms with Crippen LogP contribution >= 0.6 is 11.6 Å². The van der Waals surface area contributed by atoms with Crippen LogP contribution < -0.4 is 5.32 Å². The lowest BCUT2D eigenvalue weighted by Crippen LogP contribution is -2.33. The highest BCUT2D eigenvalue weighted by molar-refractivity contribution is 6.30. The standard InChI is InChI=1S/C24H25ClN2O3/c25-20-11-7-17(8-12-20)15-27-21-4-2-1-3-19(21)13-22(27)23(28)26-14-16-5-9-18(10-6-16)24(29)30/h1-4,7-8,11-13,16,18H,5-6,9-10,14-15H2,(H,26,28)(H,29,30)/t16-,18-. The van der Waals surface area contributed by atoms with E-state index in [1.165, 1.54) is 0 Å². The van der Waals surface area contributed by atoms with Crippen molar-refractivity contribution in [2.45, 2.75) is 32.2 Å². The van der Waals surface area contributed by atoms with Gasteiger partial charge in [-0.1, -0.05) is 41.9 Å². The summed E-state index contributed by atoms with van der Waals surface area (Å²) in [5.74, 6) is -0.706. The monoisotopic (exact) mass is 424 g/mol. The van der Waals surface area contributed by atoms with Crippen molar-refractivity contribution >= 4 is 34.4 Å². The van der Waals surface area contributed by atoms with E-state index in [-0.39, 0.29) is 11.8 Å². The molecule has 0 unspecified atom stereocenters. The molecule has 0 aliphatic heterocycles. The van der Waals surface area contributed by atoms with Gasteiger partial charge in [0.1, 0.15) is 5.69 Å². The predicted octanol–water partition coefficient (Wildman–Crippen LogP) is 4.96. The van der Waals surface area contributed by atoms with Crippen LogP contribution in [0.15, 0.2) is 54.6 Å². The van der Waals surface area contributed by atoms with Crippen LogP contribution in [-0.4, -0.2) is 28.1 Å². The number of carboxylic acids is 1. The number of amides is 1. The Bertz CT molecular complexity index is 1050. The van der Waals surface area contributed by atoms with Gasteiger partial charge in [0, 0.05) is 29.0 Å². The van der Waals surface area contributed by atoms with Gasteiger partial charge in [0.25, 0.3) is 5.91 Å². The van der Waals surface area contributed by atoms with Crippen molar-refractivity contribution in [3.05, 3.63) is 70.9 Å². The lowest BCUT2D eigenvalue weighted by Gasteiger charge is -2.26. The number of aliphatic carboxylic acids is 1. The zero-order chi connectivity index (χ0) is 21.1. The van der Waals surface area contributed by atoms with Crippen LogP contribution in [0.2, 0.25) is 5.02 Å². The third kappa shape index (κ3) is 4.51. The number of aromatic nitrogens is 1. The number of para-hydroxylation sites is 1. The fraction of sp³-hybridized carbons (Fsp3) is 0.333. The number of hydrogen-bond acceptors (Lipinski definition) is 2. The maximum Gasteiger partial charge on any atom is 0.306 e. The van der Waals surface area contributed by atoms with Crippen molar-refractivity contribution in [2.24, 2.45) is 11.8 Å². The number of benzene rings is 2. The van der Waals surface area contributed by atoms with Crippen molar-refractivity contribution in [3.63, 3.8) is 0 Å². The first kappa shape index (κ1) is 20.5. The fourth-order valence-corrected chi connectivity index (χ4v) is 4.41. The van der Waals surface area contributed by atoms with Crippen LogP contribution in [0.4, 0.5) is 0 Å². The number of rotatable bonds is 6. The summed E-state index contributed by atoms with van der Waals surface area (Å²) in [6.07, 6.45) is 3.05. The van der Waals surface area contributed by atoms with E-state index in [1.54, 1.807) is 0 Å². The summed E-state index contributed by atoms with van der Waals surface area (Å²) >= 11 is 6.01. The number of fused-ring (bicyclic) bond motifs is 1. The molecule has 1 saturated carbocycles. The minimum atomic E-state index is -0.704. The second-order valence-electron chi connectivity index (χ2n) is 8.07. The minimum absolute atomic E-state index is 0.0967. The second-order valence-corrected chi connectivity index (χ2v) is 8.50. The molecule has 6 heteroatoms. The molecule has 1 fully saturated rings. The Morgan fingerprint density at radius 3 is 2.43 bits per heavy atom. The molecule has 1 heterocycles. The summed E-state index contributed by atoms with van der Waals surface area (Å²) in [7, 11) is 0. The quantitative estimate of drug-likeness (QED) is 0.587. The van der Waals surface area contributed by atoms with Gasteiger partial charge in [-0.3, -0.25) is 9.59 Å². The summed E-state index contributed by atoms with van der Waals surface area (Å²) in [6.45, 7) is 1.16. The Labute approximate surface area is 180 Å². The summed E-state index contributed by atoms with van der Waals surface area (Å²) in [5.41, 5.74) is 2.71. The van der Waals surface area contributed by atoms with E-state index in [0.717, 1.165) is 29.3 Å². The lowest BCUT2D eigenvalue weighted by molar-refractivity contribution is -0.143. The molecule has 0 saturated heterocycles. The van der Waals surface area contributed by atoms with Crippen molar-refractivity contribution in [1.82, 2.24) is 9.88 Å². The number of carbonyl (C=O) groups is 2. The van der Waals surface area contributed by atoms with E-state index in [4.69, 9.17) is 16.7 Å². The highest BCUT2D eigenvalue weighted by Crippen LogP contribution is 2.29. The Hall–Kier alpha value is -2.79. The molecule has 0 spiro atoms. The highest BCUT2D eigenvalue weighted by Gasteiger charge is 2.26. The molecule has 1 amide bonds. The fourth-order valence-electron chi connectivity index (χ4n) is 4.28. The van der Waals surface area contributed by atoms with E-state index < -0.39 is 5.97 Å². The normalized spacial score (nSPS) is 19.0. The number of carboxylic acid groups (broad SMARTS) is 1. The average Bonchev–Trinajstić information content (AvgIpc) is 3.12. The van der Waals surface area contributed by atoms with Crippen LogP contribution in [0.1, 0.15) is 41.7 Å². The molecule has 1 aliphatic carbocycles. The predicted molar refractivity (Wildman–Crippen MR) is 118 cm³/mol. The molecular weight excluding hydrogens is 400 g/mol. The first-order valence-electron chi connectivity index (χ1n) is 10.3. The van der Waals surface area contributed by atoms with Crippen LogP contribution in [0, 0.1) is 11.8 Å². The molecule has 2 aromatic carbocycles. The number of hydrogen-bond donors (Lipinski definition) is 2. The third-order valence-electron chi connectivity index (χ3n) is 6.04. The van der Waals surface area contributed by atoms with Gasteiger partial charge in [-0.15, -0.1) is 0 Å². The smallest absolute Gasteiger partial charge is 0.306 e. The van der Waals surface area contributed by atoms with Crippen molar-refractivity contribution in [3.8, 4) is 0 Å². The first-order chi connectivity index (χ1) is 14.5. The van der Waals surface area contributed by atoms with E-state index >= 15 is 0 Å². The maximum absolute atomic E-state index is 13.0. The van der Waals surface area contributed by atoms with Gasteiger partial charge in [0.15, 0.2) is 0 Å². The molecule has 1 aliphatic rings. The molecular formula is C24H25ClN2O3. The first-order valence-corrected chi connectivity index (χ1v) is 10.7. The molecule has 3 aromatic rings. The molecule has 0 atom stereocenters. The lowest BCUT2D eigenvalue weighted by atomic mass is 9.82. The van der Waals surface area contributed by atoms with Crippen molar-refractivity contribution in [2.75, 3.05) is 6.54 Å². The van der Waals surface area contributed by atoms with Gasteiger partial charge in [-0.25, -0.2) is 0 Å². The zero-order valence-electron chi connectivity index (χ0n) is 16.7. The highest BCUT2D eigenvalue weighted by atomic mass is 35.5. The van der Waals surface area contributed by atoms with Crippen LogP contribution in [0.3, 0.4) is 0 Å². The van der Waals surface area contributed by atoms with Gasteiger partial charge in [0.05, 0.1) is 5.92 Å². The second kappa shape index (κ2) is 8.92. The summed E-state index contributed by atoms with van der Waals surface area (Å²) < 4.78 is 2.04. The molecule has 0 bridgehead atoms. The number of carbonyl (C=O) groups excluding carboxylic acids is 1.